The normalized spacial score (nSPS) is 19.1. The van der Waals surface area contributed by atoms with Crippen molar-refractivity contribution < 1.29 is 4.79 Å². The van der Waals surface area contributed by atoms with Gasteiger partial charge in [-0.2, -0.15) is 0 Å². The van der Waals surface area contributed by atoms with Crippen molar-refractivity contribution in [2.24, 2.45) is 0 Å². The van der Waals surface area contributed by atoms with Crippen LogP contribution in [0.3, 0.4) is 0 Å². The van der Waals surface area contributed by atoms with Crippen LogP contribution in [0.5, 0.6) is 0 Å². The molecular formula is C13H14N4OS. The van der Waals surface area contributed by atoms with E-state index < -0.39 is 0 Å². The van der Waals surface area contributed by atoms with Gasteiger partial charge in [0, 0.05) is 18.9 Å². The fourth-order valence-electron chi connectivity index (χ4n) is 2.43. The summed E-state index contributed by atoms with van der Waals surface area (Å²) in [7, 11) is 0. The summed E-state index contributed by atoms with van der Waals surface area (Å²) in [5.41, 5.74) is 1.22. The molecule has 2 N–H and O–H groups in total. The molecule has 1 aliphatic heterocycles. The van der Waals surface area contributed by atoms with Crippen molar-refractivity contribution in [3.05, 3.63) is 46.5 Å². The number of hydrogen-bond acceptors (Lipinski definition) is 3. The van der Waals surface area contributed by atoms with Gasteiger partial charge in [-0.25, -0.2) is 4.98 Å². The molecule has 19 heavy (non-hydrogen) atoms. The number of carbonyl (C=O) groups is 1. The average Bonchev–Trinajstić information content (AvgIpc) is 2.98. The van der Waals surface area contributed by atoms with E-state index >= 15 is 0 Å². The van der Waals surface area contributed by atoms with Crippen LogP contribution in [0.1, 0.15) is 23.7 Å². The lowest BCUT2D eigenvalue weighted by Crippen LogP contribution is -2.25. The van der Waals surface area contributed by atoms with Gasteiger partial charge in [-0.1, -0.05) is 30.3 Å². The number of rotatable bonds is 3. The fraction of sp³-hybridized carbons (Fsp3) is 0.308. The zero-order valence-electron chi connectivity index (χ0n) is 10.3. The molecule has 0 aliphatic carbocycles. The molecule has 2 heterocycles. The lowest BCUT2D eigenvalue weighted by atomic mass is 9.99. The Kier molecular flexibility index (Phi) is 3.16. The summed E-state index contributed by atoms with van der Waals surface area (Å²) < 4.78 is 0.418. The molecular weight excluding hydrogens is 260 g/mol. The molecule has 1 fully saturated rings. The second-order valence-corrected chi connectivity index (χ2v) is 5.09. The third-order valence-corrected chi connectivity index (χ3v) is 3.57. The van der Waals surface area contributed by atoms with Crippen LogP contribution >= 0.6 is 12.2 Å². The van der Waals surface area contributed by atoms with Crippen molar-refractivity contribution >= 4 is 18.1 Å². The van der Waals surface area contributed by atoms with Crippen LogP contribution in [0, 0.1) is 4.77 Å². The molecule has 3 rings (SSSR count). The van der Waals surface area contributed by atoms with Gasteiger partial charge >= 0.3 is 0 Å². The summed E-state index contributed by atoms with van der Waals surface area (Å²) in [6.07, 6.45) is 0.565. The quantitative estimate of drug-likeness (QED) is 0.841. The molecule has 98 valence electrons. The zero-order valence-corrected chi connectivity index (χ0v) is 11.1. The Labute approximate surface area is 115 Å². The lowest BCUT2D eigenvalue weighted by Gasteiger charge is -2.14. The van der Waals surface area contributed by atoms with Crippen LogP contribution in [-0.2, 0) is 11.3 Å². The van der Waals surface area contributed by atoms with E-state index in [2.05, 4.69) is 27.3 Å². The predicted molar refractivity (Wildman–Crippen MR) is 73.0 cm³/mol. The number of benzene rings is 1. The van der Waals surface area contributed by atoms with Gasteiger partial charge in [0.2, 0.25) is 10.7 Å². The van der Waals surface area contributed by atoms with Crippen LogP contribution < -0.4 is 0 Å². The summed E-state index contributed by atoms with van der Waals surface area (Å²) in [5.74, 6) is 1.14. The number of H-pyrrole nitrogens is 2. The van der Waals surface area contributed by atoms with E-state index in [9.17, 15) is 4.79 Å². The number of aromatic nitrogens is 3. The Morgan fingerprint density at radius 3 is 2.79 bits per heavy atom. The third-order valence-electron chi connectivity index (χ3n) is 3.38. The van der Waals surface area contributed by atoms with Gasteiger partial charge in [0.25, 0.3) is 0 Å². The van der Waals surface area contributed by atoms with Crippen LogP contribution in [0.15, 0.2) is 30.3 Å². The van der Waals surface area contributed by atoms with E-state index in [0.717, 1.165) is 6.54 Å². The Morgan fingerprint density at radius 1 is 1.32 bits per heavy atom. The summed E-state index contributed by atoms with van der Waals surface area (Å²) in [5, 5.41) is 5.61. The van der Waals surface area contributed by atoms with Crippen molar-refractivity contribution in [1.82, 2.24) is 20.1 Å². The molecule has 0 saturated carbocycles. The van der Waals surface area contributed by atoms with E-state index in [-0.39, 0.29) is 11.8 Å². The topological polar surface area (TPSA) is 64.8 Å². The van der Waals surface area contributed by atoms with E-state index in [1.54, 1.807) is 0 Å². The molecule has 6 heteroatoms. The fourth-order valence-corrected chi connectivity index (χ4v) is 2.59. The Morgan fingerprint density at radius 2 is 2.11 bits per heavy atom. The molecule has 1 aromatic carbocycles. The minimum atomic E-state index is 0.163. The van der Waals surface area contributed by atoms with Crippen LogP contribution in [0.4, 0.5) is 0 Å². The van der Waals surface area contributed by atoms with Gasteiger partial charge in [-0.15, -0.1) is 0 Å². The maximum absolute atomic E-state index is 12.0. The average molecular weight is 274 g/mol. The highest BCUT2D eigenvalue weighted by Gasteiger charge is 2.30. The van der Waals surface area contributed by atoms with Crippen LogP contribution in [-0.4, -0.2) is 32.5 Å². The van der Waals surface area contributed by atoms with E-state index in [1.807, 2.05) is 23.1 Å². The number of carbonyl (C=O) groups excluding carboxylic acids is 1. The molecule has 1 amide bonds. The number of nitrogens with zero attached hydrogens (tertiary/aromatic N) is 2. The van der Waals surface area contributed by atoms with Gasteiger partial charge in [-0.05, 0) is 17.8 Å². The molecule has 0 bridgehead atoms. The van der Waals surface area contributed by atoms with Crippen molar-refractivity contribution in [2.45, 2.75) is 18.9 Å². The highest BCUT2D eigenvalue weighted by molar-refractivity contribution is 7.71. The number of aromatic amines is 2. The summed E-state index contributed by atoms with van der Waals surface area (Å²) >= 11 is 4.90. The van der Waals surface area contributed by atoms with Crippen molar-refractivity contribution in [2.75, 3.05) is 6.54 Å². The van der Waals surface area contributed by atoms with Gasteiger partial charge in [-0.3, -0.25) is 15.0 Å². The van der Waals surface area contributed by atoms with Crippen LogP contribution in [0.25, 0.3) is 0 Å². The summed E-state index contributed by atoms with van der Waals surface area (Å²) in [4.78, 5) is 18.0. The minimum Gasteiger partial charge on any atom is -0.335 e. The van der Waals surface area contributed by atoms with Gasteiger partial charge in [0.1, 0.15) is 5.82 Å². The molecule has 0 spiro atoms. The largest absolute Gasteiger partial charge is 0.335 e. The highest BCUT2D eigenvalue weighted by Crippen LogP contribution is 2.28. The summed E-state index contributed by atoms with van der Waals surface area (Å²) in [6, 6.07) is 10.1. The maximum atomic E-state index is 12.0. The van der Waals surface area contributed by atoms with Gasteiger partial charge < -0.3 is 4.90 Å². The second kappa shape index (κ2) is 4.97. The lowest BCUT2D eigenvalue weighted by molar-refractivity contribution is -0.128. The standard InChI is InChI=1S/C13H14N4OS/c18-12-6-10(9-4-2-1-3-5-9)7-17(12)8-11-14-13(19)16-15-11/h1-5,10H,6-8H2,(H2,14,15,16,19). The minimum absolute atomic E-state index is 0.163. The highest BCUT2D eigenvalue weighted by atomic mass is 32.1. The Hall–Kier alpha value is -1.95. The van der Waals surface area contributed by atoms with E-state index in [1.165, 1.54) is 5.56 Å². The van der Waals surface area contributed by atoms with Gasteiger partial charge in [0.15, 0.2) is 0 Å². The monoisotopic (exact) mass is 274 g/mol. The van der Waals surface area contributed by atoms with E-state index in [0.29, 0.717) is 23.6 Å². The van der Waals surface area contributed by atoms with Gasteiger partial charge in [0.05, 0.1) is 6.54 Å². The molecule has 1 atom stereocenters. The molecule has 0 radical (unpaired) electrons. The first-order valence-corrected chi connectivity index (χ1v) is 6.59. The first kappa shape index (κ1) is 12.1. The smallest absolute Gasteiger partial charge is 0.223 e. The van der Waals surface area contributed by atoms with Crippen molar-refractivity contribution in [3.8, 4) is 0 Å². The van der Waals surface area contributed by atoms with E-state index in [4.69, 9.17) is 12.2 Å². The van der Waals surface area contributed by atoms with Crippen LogP contribution in [0.2, 0.25) is 0 Å². The Bertz CT molecular complexity index is 633. The SMILES string of the molecule is O=C1CC(c2ccccc2)CN1Cc1nc(=S)[nH][nH]1. The zero-order chi connectivity index (χ0) is 13.2. The Balaban J connectivity index is 1.72. The molecule has 1 saturated heterocycles. The molecule has 5 nitrogen and oxygen atoms in total. The summed E-state index contributed by atoms with van der Waals surface area (Å²) in [6.45, 7) is 1.21. The first-order valence-electron chi connectivity index (χ1n) is 6.18. The second-order valence-electron chi connectivity index (χ2n) is 4.70. The molecule has 1 aliphatic rings. The molecule has 2 aromatic rings. The third kappa shape index (κ3) is 2.58. The maximum Gasteiger partial charge on any atom is 0.223 e. The molecule has 1 aromatic heterocycles. The van der Waals surface area contributed by atoms with Crippen molar-refractivity contribution in [3.63, 3.8) is 0 Å². The number of likely N-dealkylation sites (tertiary alicyclic amines) is 1. The number of nitrogens with one attached hydrogen (secondary N) is 2. The first-order chi connectivity index (χ1) is 9.22. The predicted octanol–water partition coefficient (Wildman–Crippen LogP) is 1.98. The number of hydrogen-bond donors (Lipinski definition) is 2. The number of amides is 1. The molecule has 1 unspecified atom stereocenters. The van der Waals surface area contributed by atoms with Crippen molar-refractivity contribution in [1.29, 1.82) is 0 Å².